The van der Waals surface area contributed by atoms with Crippen LogP contribution in [0.15, 0.2) is 79.5 Å². The molecule has 2 N–H and O–H groups in total. The van der Waals surface area contributed by atoms with Gasteiger partial charge in [-0.3, -0.25) is 9.67 Å². The van der Waals surface area contributed by atoms with Crippen LogP contribution >= 0.6 is 0 Å². The Balaban J connectivity index is 1.41. The normalized spacial score (nSPS) is 11.0. The first-order chi connectivity index (χ1) is 15.2. The van der Waals surface area contributed by atoms with Gasteiger partial charge in [-0.05, 0) is 48.0 Å². The first-order valence-electron chi connectivity index (χ1n) is 9.53. The predicted octanol–water partition coefficient (Wildman–Crippen LogP) is 3.48. The molecule has 31 heavy (non-hydrogen) atoms. The van der Waals surface area contributed by atoms with Gasteiger partial charge in [-0.15, -0.1) is 5.10 Å². The van der Waals surface area contributed by atoms with Crippen LogP contribution in [-0.4, -0.2) is 40.4 Å². The van der Waals surface area contributed by atoms with Gasteiger partial charge in [-0.25, -0.2) is 9.31 Å². The number of aromatic nitrogens is 6. The average Bonchev–Trinajstić information content (AvgIpc) is 3.41. The molecule has 5 rings (SSSR count). The van der Waals surface area contributed by atoms with Gasteiger partial charge < -0.3 is 10.4 Å². The number of anilines is 2. The van der Waals surface area contributed by atoms with Gasteiger partial charge in [-0.2, -0.15) is 10.1 Å². The summed E-state index contributed by atoms with van der Waals surface area (Å²) in [6.07, 6.45) is 9.16. The standard InChI is InChI=1S/C22H17N7O2/c30-21(31)16-5-7-18(8-6-16)25-22-26-20-19(4-2-10-29(20)27-22)17-12-24-28(14-17)13-15-3-1-9-23-11-15/h1-12,14H,13H2,(H,25,27)(H,30,31). The molecule has 0 radical (unpaired) electrons. The fourth-order valence-corrected chi connectivity index (χ4v) is 3.28. The Labute approximate surface area is 176 Å². The van der Waals surface area contributed by atoms with Gasteiger partial charge in [0.05, 0.1) is 18.3 Å². The molecule has 1 aromatic carbocycles. The summed E-state index contributed by atoms with van der Waals surface area (Å²) in [6.45, 7) is 0.628. The first-order valence-corrected chi connectivity index (χ1v) is 9.53. The monoisotopic (exact) mass is 411 g/mol. The van der Waals surface area contributed by atoms with Crippen molar-refractivity contribution in [2.45, 2.75) is 6.54 Å². The lowest BCUT2D eigenvalue weighted by Gasteiger charge is -2.01. The number of carbonyl (C=O) groups is 1. The molecule has 4 aromatic heterocycles. The van der Waals surface area contributed by atoms with Crippen LogP contribution in [0.4, 0.5) is 11.6 Å². The topological polar surface area (TPSA) is 110 Å². The minimum absolute atomic E-state index is 0.221. The molecule has 9 heteroatoms. The van der Waals surface area contributed by atoms with E-state index >= 15 is 0 Å². The zero-order valence-electron chi connectivity index (χ0n) is 16.3. The largest absolute Gasteiger partial charge is 0.478 e. The fourth-order valence-electron chi connectivity index (χ4n) is 3.28. The fraction of sp³-hybridized carbons (Fsp3) is 0.0455. The molecule has 0 spiro atoms. The molecule has 0 unspecified atom stereocenters. The Morgan fingerprint density at radius 1 is 1.06 bits per heavy atom. The third-order valence-corrected chi connectivity index (χ3v) is 4.76. The maximum atomic E-state index is 11.0. The average molecular weight is 411 g/mol. The van der Waals surface area contributed by atoms with Crippen molar-refractivity contribution in [3.63, 3.8) is 0 Å². The summed E-state index contributed by atoms with van der Waals surface area (Å²) in [5, 5.41) is 21.1. The highest BCUT2D eigenvalue weighted by Crippen LogP contribution is 2.25. The maximum absolute atomic E-state index is 11.0. The van der Waals surface area contributed by atoms with Gasteiger partial charge >= 0.3 is 5.97 Å². The van der Waals surface area contributed by atoms with Gasteiger partial charge in [0.1, 0.15) is 0 Å². The van der Waals surface area contributed by atoms with Crippen molar-refractivity contribution in [3.8, 4) is 11.1 Å². The molecule has 0 saturated carbocycles. The number of rotatable bonds is 6. The first kappa shape index (κ1) is 18.5. The molecule has 0 bridgehead atoms. The van der Waals surface area contributed by atoms with Crippen LogP contribution in [0.1, 0.15) is 15.9 Å². The molecule has 0 saturated heterocycles. The summed E-state index contributed by atoms with van der Waals surface area (Å²) >= 11 is 0. The van der Waals surface area contributed by atoms with E-state index in [2.05, 4.69) is 25.5 Å². The predicted molar refractivity (Wildman–Crippen MR) is 114 cm³/mol. The van der Waals surface area contributed by atoms with E-state index in [0.29, 0.717) is 23.8 Å². The van der Waals surface area contributed by atoms with Crippen molar-refractivity contribution in [1.29, 1.82) is 0 Å². The van der Waals surface area contributed by atoms with E-state index in [9.17, 15) is 4.79 Å². The molecule has 5 aromatic rings. The van der Waals surface area contributed by atoms with Crippen LogP contribution in [0.2, 0.25) is 0 Å². The number of aromatic carboxylic acids is 1. The van der Waals surface area contributed by atoms with Gasteiger partial charge in [-0.1, -0.05) is 6.07 Å². The summed E-state index contributed by atoms with van der Waals surface area (Å²) in [5.74, 6) is -0.551. The van der Waals surface area contributed by atoms with E-state index in [1.54, 1.807) is 29.0 Å². The molecule has 4 heterocycles. The number of pyridine rings is 2. The number of hydrogen-bond donors (Lipinski definition) is 2. The highest BCUT2D eigenvalue weighted by atomic mass is 16.4. The second kappa shape index (κ2) is 7.71. The summed E-state index contributed by atoms with van der Waals surface area (Å²) in [6, 6.07) is 14.2. The Morgan fingerprint density at radius 3 is 2.71 bits per heavy atom. The van der Waals surface area contributed by atoms with Crippen molar-refractivity contribution in [1.82, 2.24) is 29.4 Å². The number of carboxylic acids is 1. The minimum Gasteiger partial charge on any atom is -0.478 e. The summed E-state index contributed by atoms with van der Waals surface area (Å²) < 4.78 is 3.55. The summed E-state index contributed by atoms with van der Waals surface area (Å²) in [7, 11) is 0. The van der Waals surface area contributed by atoms with Crippen LogP contribution in [0.5, 0.6) is 0 Å². The molecular weight excluding hydrogens is 394 g/mol. The van der Waals surface area contributed by atoms with Gasteiger partial charge in [0.2, 0.25) is 5.95 Å². The molecule has 0 atom stereocenters. The molecule has 0 fully saturated rings. The minimum atomic E-state index is -0.967. The van der Waals surface area contributed by atoms with Crippen LogP contribution in [-0.2, 0) is 6.54 Å². The molecular formula is C22H17N7O2. The van der Waals surface area contributed by atoms with Crippen molar-refractivity contribution in [3.05, 3.63) is 90.6 Å². The number of nitrogens with zero attached hydrogens (tertiary/aromatic N) is 6. The second-order valence-electron chi connectivity index (χ2n) is 6.92. The Hall–Kier alpha value is -4.53. The van der Waals surface area contributed by atoms with Crippen LogP contribution < -0.4 is 5.32 Å². The number of benzene rings is 1. The number of fused-ring (bicyclic) bond motifs is 1. The molecule has 0 aliphatic heterocycles. The molecule has 0 aliphatic carbocycles. The van der Waals surface area contributed by atoms with Crippen LogP contribution in [0, 0.1) is 0 Å². The number of nitrogens with one attached hydrogen (secondary N) is 1. The molecule has 0 amide bonds. The quantitative estimate of drug-likeness (QED) is 0.440. The molecule has 152 valence electrons. The smallest absolute Gasteiger partial charge is 0.335 e. The van der Waals surface area contributed by atoms with Crippen molar-refractivity contribution >= 4 is 23.3 Å². The highest BCUT2D eigenvalue weighted by molar-refractivity contribution is 5.88. The van der Waals surface area contributed by atoms with Crippen molar-refractivity contribution < 1.29 is 9.90 Å². The lowest BCUT2D eigenvalue weighted by molar-refractivity contribution is 0.0697. The van der Waals surface area contributed by atoms with E-state index in [0.717, 1.165) is 16.7 Å². The van der Waals surface area contributed by atoms with E-state index in [1.807, 2.05) is 47.5 Å². The Bertz CT molecular complexity index is 1360. The third-order valence-electron chi connectivity index (χ3n) is 4.76. The van der Waals surface area contributed by atoms with E-state index < -0.39 is 5.97 Å². The highest BCUT2D eigenvalue weighted by Gasteiger charge is 2.12. The number of hydrogen-bond acceptors (Lipinski definition) is 6. The molecule has 9 nitrogen and oxygen atoms in total. The van der Waals surface area contributed by atoms with E-state index in [1.165, 1.54) is 12.1 Å². The van der Waals surface area contributed by atoms with Gasteiger partial charge in [0.25, 0.3) is 0 Å². The van der Waals surface area contributed by atoms with Gasteiger partial charge in [0.15, 0.2) is 5.65 Å². The van der Waals surface area contributed by atoms with Crippen LogP contribution in [0.3, 0.4) is 0 Å². The van der Waals surface area contributed by atoms with Gasteiger partial charge in [0, 0.05) is 41.6 Å². The maximum Gasteiger partial charge on any atom is 0.335 e. The SMILES string of the molecule is O=C(O)c1ccc(Nc2nc3c(-c4cnn(Cc5cccnc5)c4)cccn3n2)cc1. The lowest BCUT2D eigenvalue weighted by atomic mass is 10.1. The van der Waals surface area contributed by atoms with E-state index in [4.69, 9.17) is 5.11 Å². The zero-order valence-corrected chi connectivity index (χ0v) is 16.3. The Morgan fingerprint density at radius 2 is 1.94 bits per heavy atom. The zero-order chi connectivity index (χ0) is 21.2. The van der Waals surface area contributed by atoms with E-state index in [-0.39, 0.29) is 5.56 Å². The van der Waals surface area contributed by atoms with Crippen molar-refractivity contribution in [2.24, 2.45) is 0 Å². The van der Waals surface area contributed by atoms with Crippen molar-refractivity contribution in [2.75, 3.05) is 5.32 Å². The summed E-state index contributed by atoms with van der Waals surface area (Å²) in [5.41, 5.74) is 4.51. The molecule has 0 aliphatic rings. The van der Waals surface area contributed by atoms with Crippen LogP contribution in [0.25, 0.3) is 16.8 Å². The third kappa shape index (κ3) is 3.84. The second-order valence-corrected chi connectivity index (χ2v) is 6.92. The Kier molecular flexibility index (Phi) is 4.60. The lowest BCUT2D eigenvalue weighted by Crippen LogP contribution is -1.99. The number of carboxylic acid groups (broad SMARTS) is 1. The summed E-state index contributed by atoms with van der Waals surface area (Å²) in [4.78, 5) is 19.8.